The van der Waals surface area contributed by atoms with Crippen molar-refractivity contribution in [1.29, 1.82) is 0 Å². The maximum atomic E-state index is 14.1. The molecule has 6 aromatic rings. The van der Waals surface area contributed by atoms with Crippen LogP contribution in [0.15, 0.2) is 182 Å². The molecule has 3 heteroatoms. The maximum Gasteiger partial charge on any atom is 0.152 e. The third kappa shape index (κ3) is 6.04. The Labute approximate surface area is 269 Å². The highest BCUT2D eigenvalue weighted by atomic mass is 32.2. The van der Waals surface area contributed by atoms with Crippen molar-refractivity contribution in [3.05, 3.63) is 215 Å². The van der Waals surface area contributed by atoms with Gasteiger partial charge in [0.25, 0.3) is 0 Å². The van der Waals surface area contributed by atoms with Crippen LogP contribution in [0.1, 0.15) is 33.4 Å². The topological polar surface area (TPSA) is 17.1 Å². The van der Waals surface area contributed by atoms with Crippen LogP contribution >= 0.6 is 23.5 Å². The van der Waals surface area contributed by atoms with Crippen LogP contribution in [0.25, 0.3) is 0 Å². The lowest BCUT2D eigenvalue weighted by molar-refractivity contribution is -0.114. The minimum absolute atomic E-state index is 0.208. The Morgan fingerprint density at radius 2 is 0.523 bits per heavy atom. The normalized spacial score (nSPS) is 11.6. The van der Waals surface area contributed by atoms with Crippen molar-refractivity contribution in [3.63, 3.8) is 0 Å². The molecule has 44 heavy (non-hydrogen) atoms. The van der Waals surface area contributed by atoms with Gasteiger partial charge < -0.3 is 0 Å². The van der Waals surface area contributed by atoms with E-state index in [0.717, 1.165) is 33.4 Å². The Morgan fingerprint density at radius 3 is 0.705 bits per heavy atom. The summed E-state index contributed by atoms with van der Waals surface area (Å²) in [5, 5.41) is 0. The predicted octanol–water partition coefficient (Wildman–Crippen LogP) is 10.0. The zero-order valence-corrected chi connectivity index (χ0v) is 26.1. The minimum Gasteiger partial charge on any atom is -0.298 e. The summed E-state index contributed by atoms with van der Waals surface area (Å²) in [4.78, 5) is 14.1. The van der Waals surface area contributed by atoms with Crippen LogP contribution in [0.3, 0.4) is 0 Å². The summed E-state index contributed by atoms with van der Waals surface area (Å²) in [5.74, 6) is 0.958. The molecule has 0 aliphatic rings. The molecule has 216 valence electrons. The summed E-state index contributed by atoms with van der Waals surface area (Å²) in [5.41, 5.74) is 6.97. The van der Waals surface area contributed by atoms with Crippen LogP contribution in [-0.4, -0.2) is 17.3 Å². The average Bonchev–Trinajstić information content (AvgIpc) is 3.12. The molecule has 0 saturated carbocycles. The number of thioether (sulfide) groups is 2. The van der Waals surface area contributed by atoms with Crippen molar-refractivity contribution in [2.45, 2.75) is 9.49 Å². The molecule has 0 N–H and O–H groups in total. The SMILES string of the molecule is O=C(CSC(c1ccccc1)(c1ccccc1)c1ccccc1)CSC(c1ccccc1)(c1ccccc1)c1ccccc1. The van der Waals surface area contributed by atoms with E-state index in [1.54, 1.807) is 23.5 Å². The van der Waals surface area contributed by atoms with Crippen LogP contribution in [0.5, 0.6) is 0 Å². The minimum atomic E-state index is -0.528. The third-order valence-electron chi connectivity index (χ3n) is 7.98. The van der Waals surface area contributed by atoms with E-state index in [-0.39, 0.29) is 5.78 Å². The van der Waals surface area contributed by atoms with Crippen LogP contribution in [0.4, 0.5) is 0 Å². The van der Waals surface area contributed by atoms with Gasteiger partial charge in [-0.3, -0.25) is 4.79 Å². The van der Waals surface area contributed by atoms with Gasteiger partial charge in [0.05, 0.1) is 21.0 Å². The molecule has 0 aliphatic heterocycles. The number of ketones is 1. The van der Waals surface area contributed by atoms with E-state index in [0.29, 0.717) is 11.5 Å². The fraction of sp³-hybridized carbons (Fsp3) is 0.0976. The van der Waals surface area contributed by atoms with E-state index in [1.807, 2.05) is 36.4 Å². The second-order valence-corrected chi connectivity index (χ2v) is 13.1. The highest BCUT2D eigenvalue weighted by molar-refractivity contribution is 8.02. The van der Waals surface area contributed by atoms with Crippen molar-refractivity contribution in [2.24, 2.45) is 0 Å². The monoisotopic (exact) mass is 606 g/mol. The Balaban J connectivity index is 1.36. The molecular formula is C41H34OS2. The number of rotatable bonds is 12. The Bertz CT molecular complexity index is 1420. The first-order valence-corrected chi connectivity index (χ1v) is 16.8. The molecule has 0 spiro atoms. The second-order valence-electron chi connectivity index (χ2n) is 10.7. The highest BCUT2D eigenvalue weighted by Crippen LogP contribution is 2.50. The van der Waals surface area contributed by atoms with E-state index < -0.39 is 9.49 Å². The molecular weight excluding hydrogens is 573 g/mol. The Kier molecular flexibility index (Phi) is 9.45. The van der Waals surface area contributed by atoms with Crippen molar-refractivity contribution in [1.82, 2.24) is 0 Å². The van der Waals surface area contributed by atoms with E-state index in [9.17, 15) is 4.79 Å². The highest BCUT2D eigenvalue weighted by Gasteiger charge is 2.39. The van der Waals surface area contributed by atoms with Gasteiger partial charge in [0.1, 0.15) is 0 Å². The van der Waals surface area contributed by atoms with Gasteiger partial charge >= 0.3 is 0 Å². The van der Waals surface area contributed by atoms with Crippen LogP contribution in [0, 0.1) is 0 Å². The lowest BCUT2D eigenvalue weighted by Gasteiger charge is -2.36. The zero-order valence-electron chi connectivity index (χ0n) is 24.5. The molecule has 1 nitrogen and oxygen atoms in total. The fourth-order valence-electron chi connectivity index (χ4n) is 5.96. The van der Waals surface area contributed by atoms with Crippen LogP contribution in [0.2, 0.25) is 0 Å². The van der Waals surface area contributed by atoms with Gasteiger partial charge in [0, 0.05) is 0 Å². The summed E-state index contributed by atoms with van der Waals surface area (Å²) in [7, 11) is 0. The first-order chi connectivity index (χ1) is 21.7. The quantitative estimate of drug-likeness (QED) is 0.129. The van der Waals surface area contributed by atoms with Crippen molar-refractivity contribution < 1.29 is 4.79 Å². The third-order valence-corrected chi connectivity index (χ3v) is 11.2. The van der Waals surface area contributed by atoms with Crippen LogP contribution in [-0.2, 0) is 14.3 Å². The van der Waals surface area contributed by atoms with Gasteiger partial charge in [-0.25, -0.2) is 0 Å². The number of Topliss-reactive ketones (excluding diaryl/α,β-unsaturated/α-hetero) is 1. The molecule has 6 aromatic carbocycles. The number of hydrogen-bond donors (Lipinski definition) is 0. The number of benzene rings is 6. The van der Waals surface area contributed by atoms with Gasteiger partial charge in [-0.2, -0.15) is 0 Å². The molecule has 0 amide bonds. The van der Waals surface area contributed by atoms with E-state index in [4.69, 9.17) is 0 Å². The van der Waals surface area contributed by atoms with E-state index >= 15 is 0 Å². The molecule has 0 atom stereocenters. The maximum absolute atomic E-state index is 14.1. The molecule has 0 radical (unpaired) electrons. The second kappa shape index (κ2) is 14.0. The lowest BCUT2D eigenvalue weighted by atomic mass is 9.84. The van der Waals surface area contributed by atoms with Crippen LogP contribution < -0.4 is 0 Å². The van der Waals surface area contributed by atoms with Gasteiger partial charge in [0.15, 0.2) is 5.78 Å². The molecule has 0 unspecified atom stereocenters. The molecule has 0 fully saturated rings. The fourth-order valence-corrected chi connectivity index (χ4v) is 8.86. The van der Waals surface area contributed by atoms with Gasteiger partial charge in [-0.1, -0.05) is 182 Å². The van der Waals surface area contributed by atoms with Gasteiger partial charge in [-0.15, -0.1) is 23.5 Å². The first kappa shape index (κ1) is 29.7. The van der Waals surface area contributed by atoms with E-state index in [1.165, 1.54) is 0 Å². The molecule has 0 heterocycles. The van der Waals surface area contributed by atoms with Crippen molar-refractivity contribution in [3.8, 4) is 0 Å². The Morgan fingerprint density at radius 1 is 0.341 bits per heavy atom. The first-order valence-electron chi connectivity index (χ1n) is 14.9. The summed E-state index contributed by atoms with van der Waals surface area (Å²) in [6.45, 7) is 0. The largest absolute Gasteiger partial charge is 0.298 e. The molecule has 0 aliphatic carbocycles. The van der Waals surface area contributed by atoms with Crippen molar-refractivity contribution in [2.75, 3.05) is 11.5 Å². The smallest absolute Gasteiger partial charge is 0.152 e. The summed E-state index contributed by atoms with van der Waals surface area (Å²) in [6.07, 6.45) is 0. The van der Waals surface area contributed by atoms with Gasteiger partial charge in [0.2, 0.25) is 0 Å². The molecule has 6 rings (SSSR count). The lowest BCUT2D eigenvalue weighted by Crippen LogP contribution is -2.29. The van der Waals surface area contributed by atoms with Gasteiger partial charge in [-0.05, 0) is 33.4 Å². The number of hydrogen-bond acceptors (Lipinski definition) is 3. The number of carbonyl (C=O) groups excluding carboxylic acids is 1. The number of carbonyl (C=O) groups is 1. The summed E-state index contributed by atoms with van der Waals surface area (Å²) < 4.78 is -1.06. The molecule has 0 aromatic heterocycles. The molecule has 0 saturated heterocycles. The van der Waals surface area contributed by atoms with Crippen molar-refractivity contribution >= 4 is 29.3 Å². The standard InChI is InChI=1S/C41H34OS2/c42-39(31-43-40(33-19-7-1-8-20-33,34-21-9-2-10-22-34)35-23-11-3-12-24-35)32-44-41(36-25-13-4-14-26-36,37-27-15-5-16-28-37)38-29-17-6-18-30-38/h1-30H,31-32H2. The summed E-state index contributed by atoms with van der Waals surface area (Å²) >= 11 is 3.42. The zero-order chi connectivity index (χ0) is 30.1. The van der Waals surface area contributed by atoms with E-state index in [2.05, 4.69) is 146 Å². The Hall–Kier alpha value is -4.31. The summed E-state index contributed by atoms with van der Waals surface area (Å²) in [6, 6.07) is 63.5. The average molecular weight is 607 g/mol. The predicted molar refractivity (Wildman–Crippen MR) is 188 cm³/mol. The molecule has 0 bridgehead atoms.